The minimum Gasteiger partial charge on any atom is -0.385 e. The Morgan fingerprint density at radius 2 is 1.65 bits per heavy atom. The monoisotopic (exact) mass is 321 g/mol. The average Bonchev–Trinajstić information content (AvgIpc) is 2.39. The topological polar surface area (TPSA) is 104 Å². The molecule has 20 heavy (non-hydrogen) atoms. The second-order valence-electron chi connectivity index (χ2n) is 3.98. The van der Waals surface area contributed by atoms with E-state index in [0.29, 0.717) is 0 Å². The highest BCUT2D eigenvalue weighted by Crippen LogP contribution is 2.13. The number of benzene rings is 1. The minimum atomic E-state index is -3.69. The third kappa shape index (κ3) is 5.08. The van der Waals surface area contributed by atoms with Gasteiger partial charge in [-0.25, -0.2) is 26.3 Å². The van der Waals surface area contributed by atoms with Gasteiger partial charge in [0.05, 0.1) is 10.6 Å². The highest BCUT2D eigenvalue weighted by Gasteiger charge is 2.15. The number of hydrogen-bond donors (Lipinski definition) is 3. The van der Waals surface area contributed by atoms with Gasteiger partial charge in [-0.05, 0) is 38.2 Å². The van der Waals surface area contributed by atoms with Crippen molar-refractivity contribution < 1.29 is 16.8 Å². The largest absolute Gasteiger partial charge is 0.385 e. The molecule has 114 valence electrons. The van der Waals surface area contributed by atoms with Gasteiger partial charge < -0.3 is 5.32 Å². The average molecular weight is 321 g/mol. The lowest BCUT2D eigenvalue weighted by Gasteiger charge is -2.08. The third-order valence-corrected chi connectivity index (χ3v) is 5.36. The van der Waals surface area contributed by atoms with Crippen molar-refractivity contribution in [2.75, 3.05) is 31.2 Å². The summed E-state index contributed by atoms with van der Waals surface area (Å²) in [5, 5.41) is 3.05. The smallest absolute Gasteiger partial charge is 0.240 e. The molecule has 0 bridgehead atoms. The molecule has 0 aliphatic carbocycles. The van der Waals surface area contributed by atoms with E-state index in [1.807, 2.05) is 6.92 Å². The van der Waals surface area contributed by atoms with E-state index in [9.17, 15) is 16.8 Å². The zero-order chi connectivity index (χ0) is 15.2. The highest BCUT2D eigenvalue weighted by atomic mass is 32.2. The molecule has 1 aromatic rings. The van der Waals surface area contributed by atoms with E-state index in [1.54, 1.807) is 12.1 Å². The Kier molecular flexibility index (Phi) is 5.93. The van der Waals surface area contributed by atoms with Crippen LogP contribution in [0.5, 0.6) is 0 Å². The van der Waals surface area contributed by atoms with Gasteiger partial charge in [-0.3, -0.25) is 0 Å². The number of nitrogens with one attached hydrogen (secondary N) is 3. The van der Waals surface area contributed by atoms with Crippen LogP contribution < -0.4 is 14.8 Å². The van der Waals surface area contributed by atoms with Crippen LogP contribution in [0.1, 0.15) is 6.92 Å². The van der Waals surface area contributed by atoms with Crippen molar-refractivity contribution >= 4 is 25.7 Å². The Morgan fingerprint density at radius 1 is 1.05 bits per heavy atom. The minimum absolute atomic E-state index is 0.0982. The molecule has 0 amide bonds. The fraction of sp³-hybridized carbons (Fsp3) is 0.455. The highest BCUT2D eigenvalue weighted by molar-refractivity contribution is 7.90. The van der Waals surface area contributed by atoms with Gasteiger partial charge in [-0.1, -0.05) is 0 Å². The van der Waals surface area contributed by atoms with Crippen LogP contribution >= 0.6 is 0 Å². The molecule has 0 saturated heterocycles. The van der Waals surface area contributed by atoms with Crippen LogP contribution in [-0.4, -0.2) is 42.7 Å². The van der Waals surface area contributed by atoms with Crippen molar-refractivity contribution in [3.8, 4) is 0 Å². The van der Waals surface area contributed by atoms with Crippen LogP contribution in [0.2, 0.25) is 0 Å². The van der Waals surface area contributed by atoms with Crippen LogP contribution in [0.4, 0.5) is 5.69 Å². The molecular formula is C11H19N3O4S2. The first-order valence-electron chi connectivity index (χ1n) is 6.05. The molecule has 0 fully saturated rings. The molecule has 0 atom stereocenters. The van der Waals surface area contributed by atoms with Gasteiger partial charge in [0.15, 0.2) is 0 Å². The van der Waals surface area contributed by atoms with Crippen molar-refractivity contribution in [2.45, 2.75) is 11.8 Å². The fourth-order valence-corrected chi connectivity index (χ4v) is 3.19. The SMILES string of the molecule is CCNc1ccc(S(=O)(=O)NCCS(=O)(=O)NC)cc1. The van der Waals surface area contributed by atoms with E-state index in [-0.39, 0.29) is 17.2 Å². The van der Waals surface area contributed by atoms with Crippen molar-refractivity contribution in [3.63, 3.8) is 0 Å². The summed E-state index contributed by atoms with van der Waals surface area (Å²) in [5.74, 6) is -0.307. The predicted octanol–water partition coefficient (Wildman–Crippen LogP) is -0.0541. The second kappa shape index (κ2) is 7.02. The Balaban J connectivity index is 2.69. The number of anilines is 1. The lowest BCUT2D eigenvalue weighted by Crippen LogP contribution is -2.32. The number of rotatable bonds is 8. The van der Waals surface area contributed by atoms with E-state index in [2.05, 4.69) is 14.8 Å². The van der Waals surface area contributed by atoms with Crippen molar-refractivity contribution in [2.24, 2.45) is 0 Å². The van der Waals surface area contributed by atoms with E-state index in [0.717, 1.165) is 12.2 Å². The summed E-state index contributed by atoms with van der Waals surface area (Å²) in [7, 11) is -5.84. The summed E-state index contributed by atoms with van der Waals surface area (Å²) in [6.45, 7) is 2.50. The van der Waals surface area contributed by atoms with Gasteiger partial charge in [0, 0.05) is 18.8 Å². The van der Waals surface area contributed by atoms with Gasteiger partial charge in [0.1, 0.15) is 0 Å². The molecule has 0 spiro atoms. The van der Waals surface area contributed by atoms with E-state index >= 15 is 0 Å². The van der Waals surface area contributed by atoms with Crippen molar-refractivity contribution in [1.82, 2.24) is 9.44 Å². The standard InChI is InChI=1S/C11H19N3O4S2/c1-3-13-10-4-6-11(7-5-10)20(17,18)14-8-9-19(15,16)12-2/h4-7,12-14H,3,8-9H2,1-2H3. The van der Waals surface area contributed by atoms with Gasteiger partial charge in [-0.15, -0.1) is 0 Å². The van der Waals surface area contributed by atoms with E-state index in [4.69, 9.17) is 0 Å². The van der Waals surface area contributed by atoms with Crippen LogP contribution in [0.15, 0.2) is 29.2 Å². The molecule has 0 saturated carbocycles. The Bertz CT molecular complexity index is 624. The van der Waals surface area contributed by atoms with Crippen molar-refractivity contribution in [3.05, 3.63) is 24.3 Å². The Labute approximate surface area is 119 Å². The van der Waals surface area contributed by atoms with Gasteiger partial charge in [0.2, 0.25) is 20.0 Å². The summed E-state index contributed by atoms with van der Waals surface area (Å²) >= 11 is 0. The quantitative estimate of drug-likeness (QED) is 0.622. The fourth-order valence-electron chi connectivity index (χ4n) is 1.45. The maximum atomic E-state index is 11.9. The first-order valence-corrected chi connectivity index (χ1v) is 9.19. The molecule has 0 aliphatic heterocycles. The molecule has 0 heterocycles. The lowest BCUT2D eigenvalue weighted by molar-refractivity contribution is 0.578. The summed E-state index contributed by atoms with van der Waals surface area (Å²) in [6, 6.07) is 6.24. The molecule has 3 N–H and O–H groups in total. The molecule has 7 nitrogen and oxygen atoms in total. The first kappa shape index (κ1) is 16.9. The number of sulfonamides is 2. The Morgan fingerprint density at radius 3 is 2.15 bits per heavy atom. The third-order valence-electron chi connectivity index (χ3n) is 2.52. The molecule has 0 aromatic heterocycles. The molecule has 1 rings (SSSR count). The van der Waals surface area contributed by atoms with E-state index < -0.39 is 20.0 Å². The summed E-state index contributed by atoms with van der Waals surface area (Å²) in [4.78, 5) is 0.0982. The van der Waals surface area contributed by atoms with Crippen LogP contribution in [-0.2, 0) is 20.0 Å². The molecule has 9 heteroatoms. The first-order chi connectivity index (χ1) is 9.30. The van der Waals surface area contributed by atoms with Crippen molar-refractivity contribution in [1.29, 1.82) is 0 Å². The van der Waals surface area contributed by atoms with Crippen LogP contribution in [0.3, 0.4) is 0 Å². The zero-order valence-corrected chi connectivity index (χ0v) is 13.0. The van der Waals surface area contributed by atoms with Gasteiger partial charge in [0.25, 0.3) is 0 Å². The second-order valence-corrected chi connectivity index (χ2v) is 7.79. The molecule has 0 aliphatic rings. The molecular weight excluding hydrogens is 302 g/mol. The van der Waals surface area contributed by atoms with Crippen LogP contribution in [0.25, 0.3) is 0 Å². The normalized spacial score (nSPS) is 12.3. The lowest BCUT2D eigenvalue weighted by atomic mass is 10.3. The maximum absolute atomic E-state index is 11.9. The predicted molar refractivity (Wildman–Crippen MR) is 78.6 cm³/mol. The summed E-state index contributed by atoms with van der Waals surface area (Å²) in [5.41, 5.74) is 0.823. The summed E-state index contributed by atoms with van der Waals surface area (Å²) in [6.07, 6.45) is 0. The number of hydrogen-bond acceptors (Lipinski definition) is 5. The zero-order valence-electron chi connectivity index (χ0n) is 11.4. The van der Waals surface area contributed by atoms with E-state index in [1.165, 1.54) is 19.2 Å². The summed E-state index contributed by atoms with van der Waals surface area (Å²) < 4.78 is 50.6. The molecule has 0 unspecified atom stereocenters. The van der Waals surface area contributed by atoms with Crippen LogP contribution in [0, 0.1) is 0 Å². The molecule has 0 radical (unpaired) electrons. The Hall–Kier alpha value is -1.16. The van der Waals surface area contributed by atoms with Gasteiger partial charge in [-0.2, -0.15) is 0 Å². The van der Waals surface area contributed by atoms with Gasteiger partial charge >= 0.3 is 0 Å². The maximum Gasteiger partial charge on any atom is 0.240 e. The molecule has 1 aromatic carbocycles.